The fourth-order valence-corrected chi connectivity index (χ4v) is 2.59. The quantitative estimate of drug-likeness (QED) is 0.740. The lowest BCUT2D eigenvalue weighted by Gasteiger charge is -2.43. The van der Waals surface area contributed by atoms with E-state index in [-0.39, 0.29) is 24.0 Å². The van der Waals surface area contributed by atoms with Crippen molar-refractivity contribution < 1.29 is 9.53 Å². The zero-order valence-electron chi connectivity index (χ0n) is 12.0. The average molecular weight is 241 g/mol. The van der Waals surface area contributed by atoms with E-state index >= 15 is 0 Å². The fourth-order valence-electron chi connectivity index (χ4n) is 2.59. The highest BCUT2D eigenvalue weighted by Crippen LogP contribution is 2.36. The summed E-state index contributed by atoms with van der Waals surface area (Å²) in [6, 6.07) is 0. The average Bonchev–Trinajstić information content (AvgIpc) is 2.26. The molecular weight excluding hydrogens is 214 g/mol. The molecule has 0 amide bonds. The Hall–Kier alpha value is -0.410. The zero-order valence-corrected chi connectivity index (χ0v) is 12.0. The molecule has 0 radical (unpaired) electrons. The van der Waals surface area contributed by atoms with Crippen LogP contribution in [0.3, 0.4) is 0 Å². The maximum Gasteiger partial charge on any atom is 0.178 e. The Balaban J connectivity index is 2.68. The molecule has 0 aromatic rings. The van der Waals surface area contributed by atoms with Gasteiger partial charge in [-0.1, -0.05) is 6.92 Å². The normalized spacial score (nSPS) is 29.9. The molecule has 1 fully saturated rings. The van der Waals surface area contributed by atoms with E-state index in [1.165, 1.54) is 0 Å². The van der Waals surface area contributed by atoms with E-state index in [0.29, 0.717) is 0 Å². The summed E-state index contributed by atoms with van der Waals surface area (Å²) in [5, 5.41) is 0. The lowest BCUT2D eigenvalue weighted by Crippen LogP contribution is -2.54. The van der Waals surface area contributed by atoms with E-state index in [2.05, 4.69) is 11.8 Å². The first kappa shape index (κ1) is 14.7. The smallest absolute Gasteiger partial charge is 0.178 e. The van der Waals surface area contributed by atoms with Crippen LogP contribution in [0.2, 0.25) is 0 Å². The zero-order chi connectivity index (χ0) is 13.1. The molecule has 0 aromatic carbocycles. The number of carbonyl (C=O) groups excluding carboxylic acids is 1. The van der Waals surface area contributed by atoms with Crippen molar-refractivity contribution in [3.05, 3.63) is 0 Å². The summed E-state index contributed by atoms with van der Waals surface area (Å²) >= 11 is 0. The van der Waals surface area contributed by atoms with Crippen molar-refractivity contribution in [2.75, 3.05) is 20.7 Å². The van der Waals surface area contributed by atoms with Crippen LogP contribution in [0, 0.1) is 5.92 Å². The Morgan fingerprint density at radius 3 is 2.29 bits per heavy atom. The lowest BCUT2D eigenvalue weighted by molar-refractivity contribution is -0.138. The van der Waals surface area contributed by atoms with Gasteiger partial charge in [-0.25, -0.2) is 0 Å². The third-order valence-electron chi connectivity index (χ3n) is 4.02. The number of Topliss-reactive ketones (excluding diaryl/α,β-unsaturated/α-hetero) is 1. The number of likely N-dealkylation sites (N-methyl/N-ethyl adjacent to an activating group) is 1. The van der Waals surface area contributed by atoms with E-state index in [1.807, 2.05) is 27.9 Å². The van der Waals surface area contributed by atoms with Crippen LogP contribution in [0.25, 0.3) is 0 Å². The molecule has 0 heterocycles. The van der Waals surface area contributed by atoms with Crippen LogP contribution in [0.1, 0.15) is 46.5 Å². The maximum atomic E-state index is 12.4. The van der Waals surface area contributed by atoms with Crippen molar-refractivity contribution in [3.8, 4) is 0 Å². The number of carbonyl (C=O) groups is 1. The minimum absolute atomic E-state index is 0.126. The molecule has 0 bridgehead atoms. The van der Waals surface area contributed by atoms with Crippen molar-refractivity contribution in [3.63, 3.8) is 0 Å². The van der Waals surface area contributed by atoms with Gasteiger partial charge in [0.25, 0.3) is 0 Å². The molecule has 1 saturated carbocycles. The van der Waals surface area contributed by atoms with Gasteiger partial charge in [-0.05, 0) is 59.5 Å². The number of ketones is 1. The largest absolute Gasteiger partial charge is 0.371 e. The Kier molecular flexibility index (Phi) is 5.14. The molecule has 1 aliphatic rings. The lowest BCUT2D eigenvalue weighted by atomic mass is 9.74. The summed E-state index contributed by atoms with van der Waals surface area (Å²) in [5.41, 5.74) is -0.276. The highest BCUT2D eigenvalue weighted by Gasteiger charge is 2.42. The molecule has 0 N–H and O–H groups in total. The summed E-state index contributed by atoms with van der Waals surface area (Å²) in [6.07, 6.45) is 4.36. The third kappa shape index (κ3) is 3.52. The van der Waals surface area contributed by atoms with E-state index in [1.54, 1.807) is 0 Å². The monoisotopic (exact) mass is 241 g/mol. The van der Waals surface area contributed by atoms with Crippen molar-refractivity contribution >= 4 is 5.78 Å². The number of nitrogens with zero attached hydrogens (tertiary/aromatic N) is 1. The van der Waals surface area contributed by atoms with Gasteiger partial charge in [0.2, 0.25) is 0 Å². The standard InChI is InChI=1S/C14H27NO2/c1-11(2)17-10-13(16)14(15(4)5)8-6-12(3)7-9-14/h11-12H,6-10H2,1-5H3. The maximum absolute atomic E-state index is 12.4. The highest BCUT2D eigenvalue weighted by atomic mass is 16.5. The second kappa shape index (κ2) is 5.96. The molecule has 0 spiro atoms. The van der Waals surface area contributed by atoms with Crippen molar-refractivity contribution in [2.45, 2.75) is 58.1 Å². The fraction of sp³-hybridized carbons (Fsp3) is 0.929. The van der Waals surface area contributed by atoms with Crippen LogP contribution in [0.5, 0.6) is 0 Å². The summed E-state index contributed by atoms with van der Waals surface area (Å²) in [4.78, 5) is 14.5. The second-order valence-electron chi connectivity index (χ2n) is 5.89. The van der Waals surface area contributed by atoms with Crippen LogP contribution >= 0.6 is 0 Å². The van der Waals surface area contributed by atoms with Crippen molar-refractivity contribution in [1.29, 1.82) is 0 Å². The van der Waals surface area contributed by atoms with Crippen LogP contribution in [-0.2, 0) is 9.53 Å². The summed E-state index contributed by atoms with van der Waals surface area (Å²) in [5.74, 6) is 1.00. The molecule has 0 unspecified atom stereocenters. The van der Waals surface area contributed by atoms with E-state index in [4.69, 9.17) is 4.74 Å². The van der Waals surface area contributed by atoms with Gasteiger partial charge in [0.05, 0.1) is 11.6 Å². The van der Waals surface area contributed by atoms with Gasteiger partial charge in [0.15, 0.2) is 5.78 Å². The van der Waals surface area contributed by atoms with E-state index < -0.39 is 0 Å². The molecule has 0 saturated heterocycles. The van der Waals surface area contributed by atoms with Crippen LogP contribution in [0.15, 0.2) is 0 Å². The number of hydrogen-bond donors (Lipinski definition) is 0. The first-order valence-electron chi connectivity index (χ1n) is 6.71. The van der Waals surface area contributed by atoms with Crippen LogP contribution in [0.4, 0.5) is 0 Å². The van der Waals surface area contributed by atoms with Crippen molar-refractivity contribution in [2.24, 2.45) is 5.92 Å². The summed E-state index contributed by atoms with van der Waals surface area (Å²) < 4.78 is 5.48. The topological polar surface area (TPSA) is 29.5 Å². The van der Waals surface area contributed by atoms with Crippen LogP contribution < -0.4 is 0 Å². The minimum atomic E-state index is -0.276. The van der Waals surface area contributed by atoms with Gasteiger partial charge in [0.1, 0.15) is 6.61 Å². The van der Waals surface area contributed by atoms with Gasteiger partial charge in [-0.3, -0.25) is 9.69 Å². The highest BCUT2D eigenvalue weighted by molar-refractivity contribution is 5.89. The molecule has 3 heteroatoms. The predicted molar refractivity (Wildman–Crippen MR) is 70.1 cm³/mol. The minimum Gasteiger partial charge on any atom is -0.371 e. The number of ether oxygens (including phenoxy) is 1. The molecule has 0 atom stereocenters. The Morgan fingerprint density at radius 2 is 1.88 bits per heavy atom. The first-order chi connectivity index (χ1) is 7.88. The SMILES string of the molecule is CC1CCC(C(=O)COC(C)C)(N(C)C)CC1. The van der Waals surface area contributed by atoms with E-state index in [9.17, 15) is 4.79 Å². The third-order valence-corrected chi connectivity index (χ3v) is 4.02. The van der Waals surface area contributed by atoms with Gasteiger partial charge in [0, 0.05) is 0 Å². The number of hydrogen-bond acceptors (Lipinski definition) is 3. The molecule has 1 rings (SSSR count). The Morgan fingerprint density at radius 1 is 1.35 bits per heavy atom. The van der Waals surface area contributed by atoms with Crippen LogP contribution in [-0.4, -0.2) is 43.0 Å². The first-order valence-corrected chi connectivity index (χ1v) is 6.71. The summed E-state index contributed by atoms with van der Waals surface area (Å²) in [7, 11) is 4.03. The Bertz CT molecular complexity index is 253. The van der Waals surface area contributed by atoms with Gasteiger partial charge in [-0.15, -0.1) is 0 Å². The molecule has 17 heavy (non-hydrogen) atoms. The van der Waals surface area contributed by atoms with Crippen molar-refractivity contribution in [1.82, 2.24) is 4.90 Å². The molecule has 0 aromatic heterocycles. The molecule has 0 aliphatic heterocycles. The van der Waals surface area contributed by atoms with E-state index in [0.717, 1.165) is 31.6 Å². The molecule has 1 aliphatic carbocycles. The number of rotatable bonds is 5. The Labute approximate surface area is 106 Å². The second-order valence-corrected chi connectivity index (χ2v) is 5.89. The molecular formula is C14H27NO2. The van der Waals surface area contributed by atoms with Gasteiger partial charge in [-0.2, -0.15) is 0 Å². The predicted octanol–water partition coefficient (Wildman–Crippen LogP) is 2.49. The summed E-state index contributed by atoms with van der Waals surface area (Å²) in [6.45, 7) is 6.47. The van der Waals surface area contributed by atoms with Gasteiger partial charge < -0.3 is 4.74 Å². The molecule has 3 nitrogen and oxygen atoms in total. The van der Waals surface area contributed by atoms with Gasteiger partial charge >= 0.3 is 0 Å². The molecule has 100 valence electrons.